The number of benzene rings is 2. The molecule has 212 valence electrons. The van der Waals surface area contributed by atoms with Crippen LogP contribution in [0.5, 0.6) is 6.01 Å². The van der Waals surface area contributed by atoms with Gasteiger partial charge in [0.1, 0.15) is 17.0 Å². The molecule has 6 nitrogen and oxygen atoms in total. The number of nitrogens with zero attached hydrogens (tertiary/aromatic N) is 5. The Morgan fingerprint density at radius 1 is 0.615 bits per heavy atom. The van der Waals surface area contributed by atoms with Crippen LogP contribution in [0.1, 0.15) is 89.0 Å². The predicted octanol–water partition coefficient (Wildman–Crippen LogP) is 8.41. The van der Waals surface area contributed by atoms with Gasteiger partial charge < -0.3 is 14.5 Å². The second-order valence-corrected chi connectivity index (χ2v) is 11.8. The van der Waals surface area contributed by atoms with Gasteiger partial charge in [0.25, 0.3) is 0 Å². The van der Waals surface area contributed by atoms with E-state index in [0.29, 0.717) is 30.2 Å². The molecular weight excluding hydrogens is 482 g/mol. The van der Waals surface area contributed by atoms with Crippen molar-refractivity contribution >= 4 is 11.4 Å². The molecule has 3 rings (SSSR count). The van der Waals surface area contributed by atoms with Crippen LogP contribution >= 0.6 is 0 Å². The van der Waals surface area contributed by atoms with E-state index >= 15 is 0 Å². The fraction of sp³-hybridized carbons (Fsp3) is 0.545. The maximum absolute atomic E-state index is 6.28. The molecule has 0 saturated heterocycles. The van der Waals surface area contributed by atoms with Crippen LogP contribution in [0.2, 0.25) is 0 Å². The summed E-state index contributed by atoms with van der Waals surface area (Å²) >= 11 is 0. The Balaban J connectivity index is 2.09. The molecule has 1 aromatic heterocycles. The summed E-state index contributed by atoms with van der Waals surface area (Å²) in [6.45, 7) is 24.2. The third kappa shape index (κ3) is 7.09. The molecule has 0 radical (unpaired) electrons. The van der Waals surface area contributed by atoms with E-state index in [4.69, 9.17) is 9.72 Å². The highest BCUT2D eigenvalue weighted by Crippen LogP contribution is 2.34. The van der Waals surface area contributed by atoms with E-state index in [0.717, 1.165) is 35.4 Å². The van der Waals surface area contributed by atoms with Gasteiger partial charge in [0.05, 0.1) is 0 Å². The lowest BCUT2D eigenvalue weighted by Gasteiger charge is -2.33. The first-order valence-corrected chi connectivity index (χ1v) is 14.6. The first-order valence-electron chi connectivity index (χ1n) is 14.6. The number of rotatable bonds is 12. The van der Waals surface area contributed by atoms with Gasteiger partial charge in [-0.15, -0.1) is 5.10 Å². The van der Waals surface area contributed by atoms with Crippen molar-refractivity contribution in [1.29, 1.82) is 0 Å². The Morgan fingerprint density at radius 2 is 1.00 bits per heavy atom. The van der Waals surface area contributed by atoms with Crippen molar-refractivity contribution in [2.24, 2.45) is 0 Å². The van der Waals surface area contributed by atoms with Gasteiger partial charge >= 0.3 is 6.01 Å². The van der Waals surface area contributed by atoms with E-state index in [9.17, 15) is 0 Å². The van der Waals surface area contributed by atoms with Crippen LogP contribution in [0, 0.1) is 0 Å². The van der Waals surface area contributed by atoms with Crippen LogP contribution in [-0.4, -0.2) is 44.9 Å². The maximum Gasteiger partial charge on any atom is 0.336 e. The minimum Gasteiger partial charge on any atom is -0.456 e. The van der Waals surface area contributed by atoms with Gasteiger partial charge in [-0.2, -0.15) is 4.98 Å². The summed E-state index contributed by atoms with van der Waals surface area (Å²) in [6.07, 6.45) is 1.73. The molecule has 0 aliphatic carbocycles. The first kappa shape index (κ1) is 30.4. The van der Waals surface area contributed by atoms with Gasteiger partial charge in [-0.25, -0.2) is 0 Å². The predicted molar refractivity (Wildman–Crippen MR) is 166 cm³/mol. The van der Waals surface area contributed by atoms with Crippen LogP contribution in [-0.2, 0) is 0 Å². The van der Waals surface area contributed by atoms with Crippen molar-refractivity contribution < 1.29 is 4.74 Å². The quantitative estimate of drug-likeness (QED) is 0.234. The van der Waals surface area contributed by atoms with E-state index < -0.39 is 0 Å². The molecule has 0 N–H and O–H groups in total. The molecule has 0 spiro atoms. The van der Waals surface area contributed by atoms with Gasteiger partial charge in [-0.05, 0) is 99.4 Å². The molecule has 6 heteroatoms. The highest BCUT2D eigenvalue weighted by atomic mass is 16.5. The summed E-state index contributed by atoms with van der Waals surface area (Å²) in [5.41, 5.74) is 5.56. The van der Waals surface area contributed by atoms with Gasteiger partial charge in [-0.3, -0.25) is 0 Å². The number of anilines is 2. The topological polar surface area (TPSA) is 54.4 Å². The van der Waals surface area contributed by atoms with Crippen molar-refractivity contribution in [3.05, 3.63) is 48.5 Å². The number of hydrogen-bond donors (Lipinski definition) is 0. The fourth-order valence-corrected chi connectivity index (χ4v) is 5.33. The van der Waals surface area contributed by atoms with Gasteiger partial charge in [0.2, 0.25) is 0 Å². The summed E-state index contributed by atoms with van der Waals surface area (Å²) in [4.78, 5) is 9.77. The van der Waals surface area contributed by atoms with Gasteiger partial charge in [0.15, 0.2) is 0 Å². The smallest absolute Gasteiger partial charge is 0.336 e. The lowest BCUT2D eigenvalue weighted by Crippen LogP contribution is -2.36. The van der Waals surface area contributed by atoms with Crippen molar-refractivity contribution in [3.8, 4) is 28.5 Å². The highest BCUT2D eigenvalue weighted by Gasteiger charge is 2.25. The summed E-state index contributed by atoms with van der Waals surface area (Å²) in [7, 11) is 0. The van der Waals surface area contributed by atoms with Crippen molar-refractivity contribution in [2.75, 3.05) is 9.80 Å². The van der Waals surface area contributed by atoms with E-state index in [1.807, 2.05) is 0 Å². The molecule has 0 fully saturated rings. The molecule has 0 amide bonds. The molecule has 2 aromatic carbocycles. The molecule has 0 unspecified atom stereocenters. The van der Waals surface area contributed by atoms with Crippen molar-refractivity contribution in [2.45, 2.75) is 119 Å². The van der Waals surface area contributed by atoms with Crippen molar-refractivity contribution in [1.82, 2.24) is 15.2 Å². The van der Waals surface area contributed by atoms with E-state index in [1.165, 1.54) is 11.4 Å². The Bertz CT molecular complexity index is 1170. The normalized spacial score (nSPS) is 12.1. The number of hydrogen-bond acceptors (Lipinski definition) is 6. The minimum atomic E-state index is -0.335. The second kappa shape index (κ2) is 12.8. The molecule has 3 aromatic rings. The van der Waals surface area contributed by atoms with Gasteiger partial charge in [0, 0.05) is 46.7 Å². The Hall–Kier alpha value is -3.15. The van der Waals surface area contributed by atoms with E-state index in [1.54, 1.807) is 0 Å². The van der Waals surface area contributed by atoms with Crippen LogP contribution < -0.4 is 14.5 Å². The van der Waals surface area contributed by atoms with Crippen molar-refractivity contribution in [3.63, 3.8) is 0 Å². The summed E-state index contributed by atoms with van der Waals surface area (Å²) < 4.78 is 6.28. The van der Waals surface area contributed by atoms with Crippen LogP contribution in [0.15, 0.2) is 48.5 Å². The molecule has 0 bridgehead atoms. The summed E-state index contributed by atoms with van der Waals surface area (Å²) in [5, 5.41) is 9.10. The zero-order valence-electron chi connectivity index (χ0n) is 26.0. The monoisotopic (exact) mass is 531 g/mol. The Labute approximate surface area is 236 Å². The molecule has 0 atom stereocenters. The lowest BCUT2D eigenvalue weighted by atomic mass is 10.0. The number of aromatic nitrogens is 3. The third-order valence-electron chi connectivity index (χ3n) is 7.60. The zero-order chi connectivity index (χ0) is 28.9. The maximum atomic E-state index is 6.28. The van der Waals surface area contributed by atoms with Crippen LogP contribution in [0.25, 0.3) is 22.5 Å². The standard InChI is InChI=1S/C33H49N5O/c1-12-33(11,13-2)39-32-34-30(26-14-18-28(19-15-26)37(22(3)4)23(5)6)31(35-36-32)27-16-20-29(21-17-27)38(24(7)8)25(9)10/h14-25H,12-13H2,1-11H3. The largest absolute Gasteiger partial charge is 0.456 e. The average Bonchev–Trinajstić information content (AvgIpc) is 2.89. The molecule has 0 aliphatic rings. The third-order valence-corrected chi connectivity index (χ3v) is 7.60. The second-order valence-electron chi connectivity index (χ2n) is 11.8. The zero-order valence-corrected chi connectivity index (χ0v) is 26.0. The highest BCUT2D eigenvalue weighted by molar-refractivity contribution is 5.79. The van der Waals surface area contributed by atoms with Crippen LogP contribution in [0.4, 0.5) is 11.4 Å². The molecule has 0 saturated carbocycles. The minimum absolute atomic E-state index is 0.317. The molecule has 0 aliphatic heterocycles. The fourth-order valence-electron chi connectivity index (χ4n) is 5.33. The van der Waals surface area contributed by atoms with E-state index in [2.05, 4.69) is 145 Å². The average molecular weight is 532 g/mol. The summed E-state index contributed by atoms with van der Waals surface area (Å²) in [6, 6.07) is 19.2. The lowest BCUT2D eigenvalue weighted by molar-refractivity contribution is 0.0677. The molecule has 39 heavy (non-hydrogen) atoms. The molecular formula is C33H49N5O. The van der Waals surface area contributed by atoms with Gasteiger partial charge in [-0.1, -0.05) is 43.2 Å². The molecule has 1 heterocycles. The first-order chi connectivity index (χ1) is 18.4. The Kier molecular flexibility index (Phi) is 9.98. The summed E-state index contributed by atoms with van der Waals surface area (Å²) in [5.74, 6) is 0. The Morgan fingerprint density at radius 3 is 1.36 bits per heavy atom. The van der Waals surface area contributed by atoms with Crippen LogP contribution in [0.3, 0.4) is 0 Å². The number of ether oxygens (including phenoxy) is 1. The van der Waals surface area contributed by atoms with E-state index in [-0.39, 0.29) is 5.60 Å². The SMILES string of the molecule is CCC(C)(CC)Oc1nnc(-c2ccc(N(C(C)C)C(C)C)cc2)c(-c2ccc(N(C(C)C)C(C)C)cc2)n1.